The van der Waals surface area contributed by atoms with E-state index in [4.69, 9.17) is 14.2 Å². The topological polar surface area (TPSA) is 172 Å². The van der Waals surface area contributed by atoms with Crippen molar-refractivity contribution < 1.29 is 54.1 Å². The number of ether oxygens (including phenoxy) is 4. The molecule has 11 heteroatoms. The Bertz CT molecular complexity index is 641. The molecule has 0 bridgehead atoms. The van der Waals surface area contributed by atoms with Crippen LogP contribution in [0.2, 0.25) is 0 Å². The first-order valence-corrected chi connectivity index (χ1v) is 8.52. The molecule has 0 aromatic rings. The molecule has 0 aromatic carbocycles. The monoisotopic (exact) mass is 404 g/mol. The van der Waals surface area contributed by atoms with Gasteiger partial charge in [-0.25, -0.2) is 4.79 Å². The third-order valence-corrected chi connectivity index (χ3v) is 4.61. The van der Waals surface area contributed by atoms with Gasteiger partial charge in [0, 0.05) is 11.5 Å². The summed E-state index contributed by atoms with van der Waals surface area (Å²) >= 11 is 0. The van der Waals surface area contributed by atoms with Gasteiger partial charge in [0.15, 0.2) is 6.29 Å². The number of hydrogen-bond donors (Lipinski definition) is 5. The number of allylic oxidation sites excluding steroid dienone is 1. The first-order chi connectivity index (χ1) is 13.2. The largest absolute Gasteiger partial charge is 0.481 e. The number of rotatable bonds is 6. The average Bonchev–Trinajstić information content (AvgIpc) is 2.67. The molecule has 0 radical (unpaired) electrons. The van der Waals surface area contributed by atoms with E-state index in [1.165, 1.54) is 6.08 Å². The van der Waals surface area contributed by atoms with E-state index in [1.807, 2.05) is 0 Å². The van der Waals surface area contributed by atoms with E-state index in [0.717, 1.165) is 13.4 Å². The number of esters is 1. The van der Waals surface area contributed by atoms with Crippen LogP contribution in [0.3, 0.4) is 0 Å². The second kappa shape index (κ2) is 9.45. The number of aliphatic carboxylic acids is 1. The molecule has 0 aliphatic carbocycles. The SMILES string of the molecule is CC=C1[C@H](O[C@@H]2O[C@H](CO)[C@@H](O)[C@H](O)[C@H]2O)OC=C(C(=O)OC)[C@H]1CC(=O)O. The maximum absolute atomic E-state index is 11.9. The summed E-state index contributed by atoms with van der Waals surface area (Å²) in [5.41, 5.74) is 0.244. The third kappa shape index (κ3) is 4.51. The fraction of sp³-hybridized carbons (Fsp3) is 0.647. The van der Waals surface area contributed by atoms with E-state index in [0.29, 0.717) is 0 Å². The highest BCUT2D eigenvalue weighted by Gasteiger charge is 2.46. The normalized spacial score (nSPS) is 37.1. The van der Waals surface area contributed by atoms with Gasteiger partial charge in [0.2, 0.25) is 6.29 Å². The molecule has 0 spiro atoms. The van der Waals surface area contributed by atoms with Crippen molar-refractivity contribution in [2.45, 2.75) is 50.3 Å². The molecule has 0 aromatic heterocycles. The lowest BCUT2D eigenvalue weighted by Gasteiger charge is -2.41. The fourth-order valence-corrected chi connectivity index (χ4v) is 3.10. The predicted molar refractivity (Wildman–Crippen MR) is 89.3 cm³/mol. The summed E-state index contributed by atoms with van der Waals surface area (Å²) in [4.78, 5) is 23.2. The minimum atomic E-state index is -1.66. The van der Waals surface area contributed by atoms with Gasteiger partial charge in [0.1, 0.15) is 24.4 Å². The number of aliphatic hydroxyl groups is 4. The lowest BCUT2D eigenvalue weighted by molar-refractivity contribution is -0.327. The van der Waals surface area contributed by atoms with Crippen molar-refractivity contribution in [1.29, 1.82) is 0 Å². The average molecular weight is 404 g/mol. The maximum Gasteiger partial charge on any atom is 0.337 e. The van der Waals surface area contributed by atoms with Gasteiger partial charge in [-0.1, -0.05) is 6.08 Å². The van der Waals surface area contributed by atoms with Gasteiger partial charge >= 0.3 is 11.9 Å². The first-order valence-electron chi connectivity index (χ1n) is 8.52. The molecule has 2 heterocycles. The summed E-state index contributed by atoms with van der Waals surface area (Å²) in [6.45, 7) is 0.943. The number of methoxy groups -OCH3 is 1. The Hall–Kier alpha value is -2.02. The molecule has 11 nitrogen and oxygen atoms in total. The van der Waals surface area contributed by atoms with Crippen LogP contribution in [0.5, 0.6) is 0 Å². The minimum absolute atomic E-state index is 0.0216. The highest BCUT2D eigenvalue weighted by atomic mass is 16.8. The molecule has 2 rings (SSSR count). The Morgan fingerprint density at radius 3 is 2.43 bits per heavy atom. The van der Waals surface area contributed by atoms with E-state index in [9.17, 15) is 35.1 Å². The molecule has 2 aliphatic rings. The number of carbonyl (C=O) groups excluding carboxylic acids is 1. The van der Waals surface area contributed by atoms with Gasteiger partial charge in [-0.05, 0) is 6.92 Å². The van der Waals surface area contributed by atoms with Crippen LogP contribution in [-0.2, 0) is 28.5 Å². The van der Waals surface area contributed by atoms with Crippen molar-refractivity contribution in [3.63, 3.8) is 0 Å². The Morgan fingerprint density at radius 1 is 1.21 bits per heavy atom. The third-order valence-electron chi connectivity index (χ3n) is 4.61. The molecular weight excluding hydrogens is 380 g/mol. The standard InChI is InChI=1S/C17H24O11/c1-3-7-8(4-11(19)20)9(15(24)25-2)6-26-16(7)28-17-14(23)13(22)12(21)10(5-18)27-17/h3,6,8,10,12-14,16-18,21-23H,4-5H2,1-2H3,(H,19,20)/t8-,10+,12+,13-,14+,16-,17-/m0/s1. The minimum Gasteiger partial charge on any atom is -0.481 e. The lowest BCUT2D eigenvalue weighted by atomic mass is 9.86. The molecule has 2 aliphatic heterocycles. The summed E-state index contributed by atoms with van der Waals surface area (Å²) in [6.07, 6.45) is -6.72. The van der Waals surface area contributed by atoms with Gasteiger partial charge in [-0.3, -0.25) is 4.79 Å². The van der Waals surface area contributed by atoms with E-state index >= 15 is 0 Å². The molecule has 0 unspecified atom stereocenters. The van der Waals surface area contributed by atoms with Gasteiger partial charge in [0.25, 0.3) is 0 Å². The molecule has 7 atom stereocenters. The molecule has 5 N–H and O–H groups in total. The molecule has 0 saturated carbocycles. The summed E-state index contributed by atoms with van der Waals surface area (Å²) in [6, 6.07) is 0. The number of carboxylic acids is 1. The van der Waals surface area contributed by atoms with Crippen LogP contribution in [0.1, 0.15) is 13.3 Å². The summed E-state index contributed by atoms with van der Waals surface area (Å²) < 4.78 is 20.8. The first kappa shape index (κ1) is 22.3. The summed E-state index contributed by atoms with van der Waals surface area (Å²) in [5.74, 6) is -2.86. The van der Waals surface area contributed by atoms with Crippen LogP contribution in [0.4, 0.5) is 0 Å². The van der Waals surface area contributed by atoms with Gasteiger partial charge in [-0.15, -0.1) is 0 Å². The van der Waals surface area contributed by atoms with Crippen molar-refractivity contribution in [3.05, 3.63) is 23.5 Å². The molecule has 1 saturated heterocycles. The second-order valence-corrected chi connectivity index (χ2v) is 6.31. The van der Waals surface area contributed by atoms with E-state index < -0.39 is 67.9 Å². The van der Waals surface area contributed by atoms with Crippen LogP contribution in [0.15, 0.2) is 23.5 Å². The number of carboxylic acid groups (broad SMARTS) is 1. The van der Waals surface area contributed by atoms with Crippen LogP contribution in [0, 0.1) is 5.92 Å². The maximum atomic E-state index is 11.9. The Balaban J connectivity index is 2.26. The molecule has 0 amide bonds. The molecule has 28 heavy (non-hydrogen) atoms. The summed E-state index contributed by atoms with van der Waals surface area (Å²) in [7, 11) is 1.15. The highest BCUT2D eigenvalue weighted by Crippen LogP contribution is 2.35. The lowest BCUT2D eigenvalue weighted by Crippen LogP contribution is -2.60. The number of aliphatic hydroxyl groups excluding tert-OH is 4. The number of carbonyl (C=O) groups is 2. The van der Waals surface area contributed by atoms with Gasteiger partial charge in [0.05, 0.1) is 32.0 Å². The van der Waals surface area contributed by atoms with E-state index in [2.05, 4.69) is 4.74 Å². The smallest absolute Gasteiger partial charge is 0.337 e. The zero-order valence-corrected chi connectivity index (χ0v) is 15.3. The van der Waals surface area contributed by atoms with Crippen LogP contribution < -0.4 is 0 Å². The van der Waals surface area contributed by atoms with Crippen LogP contribution in [-0.4, -0.2) is 88.2 Å². The second-order valence-electron chi connectivity index (χ2n) is 6.31. The van der Waals surface area contributed by atoms with E-state index in [1.54, 1.807) is 6.92 Å². The van der Waals surface area contributed by atoms with Crippen molar-refractivity contribution in [3.8, 4) is 0 Å². The zero-order valence-electron chi connectivity index (χ0n) is 15.3. The number of hydrogen-bond acceptors (Lipinski definition) is 10. The predicted octanol–water partition coefficient (Wildman–Crippen LogP) is -1.75. The quantitative estimate of drug-likeness (QED) is 0.251. The Kier molecular flexibility index (Phi) is 7.52. The van der Waals surface area contributed by atoms with Crippen molar-refractivity contribution in [2.75, 3.05) is 13.7 Å². The highest BCUT2D eigenvalue weighted by molar-refractivity contribution is 5.90. The van der Waals surface area contributed by atoms with Gasteiger partial charge < -0.3 is 44.5 Å². The zero-order chi connectivity index (χ0) is 21.0. The Labute approximate surface area is 160 Å². The van der Waals surface area contributed by atoms with Crippen molar-refractivity contribution >= 4 is 11.9 Å². The van der Waals surface area contributed by atoms with Crippen LogP contribution >= 0.6 is 0 Å². The van der Waals surface area contributed by atoms with Crippen molar-refractivity contribution in [2.24, 2.45) is 5.92 Å². The van der Waals surface area contributed by atoms with Crippen molar-refractivity contribution in [1.82, 2.24) is 0 Å². The summed E-state index contributed by atoms with van der Waals surface area (Å²) in [5, 5.41) is 48.2. The molecule has 158 valence electrons. The fourth-order valence-electron chi connectivity index (χ4n) is 3.10. The van der Waals surface area contributed by atoms with E-state index in [-0.39, 0.29) is 11.1 Å². The van der Waals surface area contributed by atoms with Gasteiger partial charge in [-0.2, -0.15) is 0 Å². The Morgan fingerprint density at radius 2 is 1.89 bits per heavy atom. The molecular formula is C17H24O11. The molecule has 1 fully saturated rings. The van der Waals surface area contributed by atoms with Crippen LogP contribution in [0.25, 0.3) is 0 Å².